The summed E-state index contributed by atoms with van der Waals surface area (Å²) in [7, 11) is 0. The zero-order chi connectivity index (χ0) is 13.0. The van der Waals surface area contributed by atoms with Crippen LogP contribution in [0.2, 0.25) is 0 Å². The van der Waals surface area contributed by atoms with Gasteiger partial charge in [-0.1, -0.05) is 0 Å². The number of nitrogens with two attached hydrogens (primary N) is 1. The lowest BCUT2D eigenvalue weighted by Crippen LogP contribution is -2.09. The van der Waals surface area contributed by atoms with E-state index in [1.807, 2.05) is 0 Å². The van der Waals surface area contributed by atoms with Crippen LogP contribution >= 0.6 is 0 Å². The van der Waals surface area contributed by atoms with Crippen LogP contribution in [-0.4, -0.2) is 24.3 Å². The molecule has 0 radical (unpaired) electrons. The number of rotatable bonds is 4. The van der Waals surface area contributed by atoms with Gasteiger partial charge in [0, 0.05) is 0 Å². The van der Waals surface area contributed by atoms with Gasteiger partial charge in [-0.25, -0.2) is 4.79 Å². The molecule has 0 heterocycles. The predicted octanol–water partition coefficient (Wildman–Crippen LogP) is 1.75. The number of aromatic hydroxyl groups is 1. The van der Waals surface area contributed by atoms with Gasteiger partial charge in [-0.05, 0) is 19.1 Å². The predicted molar refractivity (Wildman–Crippen MR) is 55.1 cm³/mol. The minimum atomic E-state index is -3.09. The van der Waals surface area contributed by atoms with Gasteiger partial charge in [-0.2, -0.15) is 8.78 Å². The molecule has 0 atom stereocenters. The number of phenols is 1. The van der Waals surface area contributed by atoms with Gasteiger partial charge in [0.1, 0.15) is 0 Å². The fourth-order valence-electron chi connectivity index (χ4n) is 1.17. The van der Waals surface area contributed by atoms with E-state index in [4.69, 9.17) is 5.73 Å². The number of benzene rings is 1. The molecule has 1 rings (SSSR count). The Morgan fingerprint density at radius 2 is 2.18 bits per heavy atom. The number of nitrogen functional groups attached to an aromatic ring is 1. The van der Waals surface area contributed by atoms with Crippen LogP contribution in [-0.2, 0) is 4.74 Å². The lowest BCUT2D eigenvalue weighted by Gasteiger charge is -2.11. The zero-order valence-electron chi connectivity index (χ0n) is 8.94. The SMILES string of the molecule is CCOC(=O)c1ccc(OC(F)F)c(O)c1N. The smallest absolute Gasteiger partial charge is 0.387 e. The number of ether oxygens (including phenoxy) is 2. The fraction of sp³-hybridized carbons (Fsp3) is 0.300. The van der Waals surface area contributed by atoms with E-state index in [-0.39, 0.29) is 17.9 Å². The summed E-state index contributed by atoms with van der Waals surface area (Å²) in [5, 5.41) is 9.45. The van der Waals surface area contributed by atoms with Crippen LogP contribution in [0.5, 0.6) is 11.5 Å². The molecule has 0 fully saturated rings. The summed E-state index contributed by atoms with van der Waals surface area (Å²) in [6, 6.07) is 2.16. The standard InChI is InChI=1S/C10H11F2NO4/c1-2-16-9(15)5-3-4-6(17-10(11)12)8(14)7(5)13/h3-4,10,14H,2,13H2,1H3. The van der Waals surface area contributed by atoms with Crippen LogP contribution in [0.4, 0.5) is 14.5 Å². The number of esters is 1. The van der Waals surface area contributed by atoms with Gasteiger partial charge < -0.3 is 20.3 Å². The Bertz CT molecular complexity index is 423. The van der Waals surface area contributed by atoms with E-state index in [2.05, 4.69) is 9.47 Å². The van der Waals surface area contributed by atoms with E-state index in [1.54, 1.807) is 6.92 Å². The molecule has 0 aliphatic rings. The van der Waals surface area contributed by atoms with Crippen molar-refractivity contribution in [1.29, 1.82) is 0 Å². The maximum atomic E-state index is 11.9. The highest BCUT2D eigenvalue weighted by molar-refractivity contribution is 5.97. The van der Waals surface area contributed by atoms with Crippen LogP contribution in [0.25, 0.3) is 0 Å². The van der Waals surface area contributed by atoms with Crippen molar-refractivity contribution in [2.24, 2.45) is 0 Å². The van der Waals surface area contributed by atoms with E-state index in [1.165, 1.54) is 0 Å². The number of hydrogen-bond donors (Lipinski definition) is 2. The Balaban J connectivity index is 3.06. The summed E-state index contributed by atoms with van der Waals surface area (Å²) >= 11 is 0. The summed E-state index contributed by atoms with van der Waals surface area (Å²) in [5.74, 6) is -1.95. The van der Waals surface area contributed by atoms with Crippen LogP contribution in [0.3, 0.4) is 0 Å². The molecule has 0 spiro atoms. The highest BCUT2D eigenvalue weighted by Gasteiger charge is 2.18. The van der Waals surface area contributed by atoms with Crippen molar-refractivity contribution in [2.45, 2.75) is 13.5 Å². The fourth-order valence-corrected chi connectivity index (χ4v) is 1.17. The highest BCUT2D eigenvalue weighted by Crippen LogP contribution is 2.35. The molecule has 7 heteroatoms. The maximum absolute atomic E-state index is 11.9. The first kappa shape index (κ1) is 13.0. The molecule has 17 heavy (non-hydrogen) atoms. The summed E-state index contributed by atoms with van der Waals surface area (Å²) in [6.45, 7) is -1.36. The van der Waals surface area contributed by atoms with Crippen molar-refractivity contribution in [2.75, 3.05) is 12.3 Å². The van der Waals surface area contributed by atoms with Gasteiger partial charge in [-0.3, -0.25) is 0 Å². The second-order valence-electron chi connectivity index (χ2n) is 2.97. The van der Waals surface area contributed by atoms with Crippen LogP contribution in [0, 0.1) is 0 Å². The van der Waals surface area contributed by atoms with Crippen LogP contribution < -0.4 is 10.5 Å². The molecule has 0 saturated carbocycles. The number of carbonyl (C=O) groups excluding carboxylic acids is 1. The number of anilines is 1. The second kappa shape index (κ2) is 5.33. The third-order valence-corrected chi connectivity index (χ3v) is 1.89. The molecule has 0 aromatic heterocycles. The summed E-state index contributed by atoms with van der Waals surface area (Å²) in [6.07, 6.45) is 0. The lowest BCUT2D eigenvalue weighted by molar-refractivity contribution is -0.0511. The lowest BCUT2D eigenvalue weighted by atomic mass is 10.1. The molecule has 0 bridgehead atoms. The van der Waals surface area contributed by atoms with Crippen LogP contribution in [0.1, 0.15) is 17.3 Å². The van der Waals surface area contributed by atoms with Crippen molar-refractivity contribution < 1.29 is 28.2 Å². The average molecular weight is 247 g/mol. The zero-order valence-corrected chi connectivity index (χ0v) is 8.94. The van der Waals surface area contributed by atoms with Gasteiger partial charge in [-0.15, -0.1) is 0 Å². The number of hydrogen-bond acceptors (Lipinski definition) is 5. The molecular weight excluding hydrogens is 236 g/mol. The summed E-state index contributed by atoms with van der Waals surface area (Å²) < 4.78 is 32.6. The maximum Gasteiger partial charge on any atom is 0.387 e. The van der Waals surface area contributed by atoms with Crippen molar-refractivity contribution in [3.05, 3.63) is 17.7 Å². The second-order valence-corrected chi connectivity index (χ2v) is 2.97. The molecule has 0 aliphatic heterocycles. The first-order valence-electron chi connectivity index (χ1n) is 4.70. The Morgan fingerprint density at radius 1 is 1.53 bits per heavy atom. The van der Waals surface area contributed by atoms with Gasteiger partial charge in [0.25, 0.3) is 0 Å². The minimum Gasteiger partial charge on any atom is -0.503 e. The molecule has 0 amide bonds. The van der Waals surface area contributed by atoms with Crippen molar-refractivity contribution in [3.8, 4) is 11.5 Å². The molecule has 5 nitrogen and oxygen atoms in total. The molecule has 0 aliphatic carbocycles. The van der Waals surface area contributed by atoms with E-state index in [0.29, 0.717) is 0 Å². The average Bonchev–Trinajstić information content (AvgIpc) is 2.24. The number of halogens is 2. The molecule has 94 valence electrons. The Hall–Kier alpha value is -2.05. The Labute approximate surface area is 95.7 Å². The van der Waals surface area contributed by atoms with E-state index < -0.39 is 24.1 Å². The normalized spacial score (nSPS) is 10.4. The third-order valence-electron chi connectivity index (χ3n) is 1.89. The van der Waals surface area contributed by atoms with Crippen molar-refractivity contribution in [3.63, 3.8) is 0 Å². The molecule has 0 unspecified atom stereocenters. The molecule has 1 aromatic carbocycles. The van der Waals surface area contributed by atoms with Gasteiger partial charge in [0.15, 0.2) is 11.5 Å². The largest absolute Gasteiger partial charge is 0.503 e. The molecule has 0 saturated heterocycles. The minimum absolute atomic E-state index is 0.106. The van der Waals surface area contributed by atoms with E-state index in [9.17, 15) is 18.7 Å². The topological polar surface area (TPSA) is 81.8 Å². The van der Waals surface area contributed by atoms with Crippen molar-refractivity contribution in [1.82, 2.24) is 0 Å². The quantitative estimate of drug-likeness (QED) is 0.481. The Morgan fingerprint density at radius 3 is 2.71 bits per heavy atom. The number of phenolic OH excluding ortho intramolecular Hbond substituents is 1. The summed E-state index contributed by atoms with van der Waals surface area (Å²) in [5.41, 5.74) is 4.95. The molecule has 3 N–H and O–H groups in total. The van der Waals surface area contributed by atoms with Gasteiger partial charge in [0.05, 0.1) is 17.9 Å². The monoisotopic (exact) mass is 247 g/mol. The van der Waals surface area contributed by atoms with Crippen LogP contribution in [0.15, 0.2) is 12.1 Å². The van der Waals surface area contributed by atoms with E-state index >= 15 is 0 Å². The van der Waals surface area contributed by atoms with Gasteiger partial charge >= 0.3 is 12.6 Å². The highest BCUT2D eigenvalue weighted by atomic mass is 19.3. The van der Waals surface area contributed by atoms with E-state index in [0.717, 1.165) is 12.1 Å². The van der Waals surface area contributed by atoms with Gasteiger partial charge in [0.2, 0.25) is 0 Å². The first-order valence-corrected chi connectivity index (χ1v) is 4.70. The van der Waals surface area contributed by atoms with Crippen molar-refractivity contribution >= 4 is 11.7 Å². The summed E-state index contributed by atoms with van der Waals surface area (Å²) in [4.78, 5) is 11.3. The third kappa shape index (κ3) is 2.96. The first-order chi connectivity index (χ1) is 7.97. The molecule has 1 aromatic rings. The Kier molecular flexibility index (Phi) is 4.08. The number of alkyl halides is 2. The number of carbonyl (C=O) groups is 1. The molecular formula is C10H11F2NO4.